The molecule has 2 N–H and O–H groups in total. The molecule has 2 unspecified atom stereocenters. The molecule has 0 spiro atoms. The number of thioether (sulfide) groups is 1. The molecule has 0 aromatic heterocycles. The highest BCUT2D eigenvalue weighted by molar-refractivity contribution is 9.10. The van der Waals surface area contributed by atoms with E-state index in [1.807, 2.05) is 37.3 Å². The Labute approximate surface area is 132 Å². The number of methoxy groups -OCH3 is 1. The molecule has 0 fully saturated rings. The Morgan fingerprint density at radius 3 is 2.55 bits per heavy atom. The van der Waals surface area contributed by atoms with Crippen LogP contribution in [0.1, 0.15) is 17.7 Å². The van der Waals surface area contributed by atoms with E-state index >= 15 is 0 Å². The summed E-state index contributed by atoms with van der Waals surface area (Å²) in [4.78, 5) is 1.16. The Morgan fingerprint density at radius 2 is 1.90 bits per heavy atom. The van der Waals surface area contributed by atoms with Crippen molar-refractivity contribution < 1.29 is 4.74 Å². The van der Waals surface area contributed by atoms with Gasteiger partial charge in [0.25, 0.3) is 0 Å². The number of hydrogen-bond donors (Lipinski definition) is 1. The first kappa shape index (κ1) is 15.4. The smallest absolute Gasteiger partial charge is 0.119 e. The standard InChI is InChI=1S/C16H18BrNOS/c1-11(18)16(14-8-3-4-9-15(14)17)20-13-7-5-6-12(10-13)19-2/h3-11,16H,18H2,1-2H3. The van der Waals surface area contributed by atoms with Crippen LogP contribution in [0.5, 0.6) is 5.75 Å². The van der Waals surface area contributed by atoms with Gasteiger partial charge in [-0.05, 0) is 36.8 Å². The highest BCUT2D eigenvalue weighted by atomic mass is 79.9. The molecule has 2 aromatic rings. The van der Waals surface area contributed by atoms with Crippen molar-refractivity contribution >= 4 is 27.7 Å². The zero-order chi connectivity index (χ0) is 14.5. The molecule has 4 heteroatoms. The number of nitrogens with two attached hydrogens (primary N) is 1. The minimum absolute atomic E-state index is 0.0462. The summed E-state index contributed by atoms with van der Waals surface area (Å²) in [6.07, 6.45) is 0. The van der Waals surface area contributed by atoms with E-state index in [9.17, 15) is 0 Å². The summed E-state index contributed by atoms with van der Waals surface area (Å²) in [6, 6.07) is 16.3. The third kappa shape index (κ3) is 3.78. The van der Waals surface area contributed by atoms with Crippen LogP contribution in [-0.4, -0.2) is 13.2 Å². The molecule has 0 aliphatic rings. The fourth-order valence-electron chi connectivity index (χ4n) is 1.98. The summed E-state index contributed by atoms with van der Waals surface area (Å²) in [5.41, 5.74) is 7.40. The molecule has 0 bridgehead atoms. The summed E-state index contributed by atoms with van der Waals surface area (Å²) >= 11 is 5.37. The number of benzene rings is 2. The van der Waals surface area contributed by atoms with Gasteiger partial charge in [0, 0.05) is 15.4 Å². The fourth-order valence-corrected chi connectivity index (χ4v) is 3.85. The van der Waals surface area contributed by atoms with E-state index in [1.165, 1.54) is 5.56 Å². The van der Waals surface area contributed by atoms with Gasteiger partial charge in [-0.1, -0.05) is 40.2 Å². The predicted molar refractivity (Wildman–Crippen MR) is 89.4 cm³/mol. The lowest BCUT2D eigenvalue weighted by molar-refractivity contribution is 0.413. The fraction of sp³-hybridized carbons (Fsp3) is 0.250. The summed E-state index contributed by atoms with van der Waals surface area (Å²) in [7, 11) is 1.68. The van der Waals surface area contributed by atoms with Crippen molar-refractivity contribution in [3.8, 4) is 5.75 Å². The van der Waals surface area contributed by atoms with Gasteiger partial charge in [-0.25, -0.2) is 0 Å². The molecule has 2 rings (SSSR count). The van der Waals surface area contributed by atoms with E-state index in [0.717, 1.165) is 15.1 Å². The molecule has 2 nitrogen and oxygen atoms in total. The van der Waals surface area contributed by atoms with Gasteiger partial charge in [0.2, 0.25) is 0 Å². The Hall–Kier alpha value is -0.970. The topological polar surface area (TPSA) is 35.2 Å². The maximum atomic E-state index is 6.18. The number of halogens is 1. The molecule has 106 valence electrons. The molecule has 0 saturated heterocycles. The van der Waals surface area contributed by atoms with Gasteiger partial charge in [0.05, 0.1) is 12.4 Å². The minimum atomic E-state index is 0.0462. The molecule has 0 aliphatic carbocycles. The van der Waals surface area contributed by atoms with E-state index in [0.29, 0.717) is 0 Å². The molecule has 2 aromatic carbocycles. The van der Waals surface area contributed by atoms with Crippen LogP contribution < -0.4 is 10.5 Å². The quantitative estimate of drug-likeness (QED) is 0.797. The predicted octanol–water partition coefficient (Wildman–Crippen LogP) is 4.64. The highest BCUT2D eigenvalue weighted by Crippen LogP contribution is 2.40. The lowest BCUT2D eigenvalue weighted by atomic mass is 10.1. The van der Waals surface area contributed by atoms with Crippen LogP contribution in [-0.2, 0) is 0 Å². The van der Waals surface area contributed by atoms with E-state index < -0.39 is 0 Å². The summed E-state index contributed by atoms with van der Waals surface area (Å²) in [6.45, 7) is 2.04. The maximum Gasteiger partial charge on any atom is 0.119 e. The third-order valence-electron chi connectivity index (χ3n) is 2.99. The number of hydrogen-bond acceptors (Lipinski definition) is 3. The average molecular weight is 352 g/mol. The Balaban J connectivity index is 2.28. The second kappa shape index (κ2) is 7.16. The Bertz CT molecular complexity index is 574. The molecular formula is C16H18BrNOS. The van der Waals surface area contributed by atoms with Crippen molar-refractivity contribution in [2.75, 3.05) is 7.11 Å². The monoisotopic (exact) mass is 351 g/mol. The van der Waals surface area contributed by atoms with Crippen LogP contribution >= 0.6 is 27.7 Å². The van der Waals surface area contributed by atoms with Gasteiger partial charge in [-0.2, -0.15) is 0 Å². The molecule has 0 aliphatic heterocycles. The van der Waals surface area contributed by atoms with Crippen LogP contribution in [0.15, 0.2) is 57.9 Å². The minimum Gasteiger partial charge on any atom is -0.497 e. The van der Waals surface area contributed by atoms with Crippen LogP contribution in [0.25, 0.3) is 0 Å². The van der Waals surface area contributed by atoms with Gasteiger partial charge < -0.3 is 10.5 Å². The van der Waals surface area contributed by atoms with Crippen molar-refractivity contribution in [2.24, 2.45) is 5.73 Å². The van der Waals surface area contributed by atoms with Crippen molar-refractivity contribution in [1.29, 1.82) is 0 Å². The zero-order valence-corrected chi connectivity index (χ0v) is 13.9. The molecule has 0 amide bonds. The summed E-state index contributed by atoms with van der Waals surface area (Å²) < 4.78 is 6.37. The van der Waals surface area contributed by atoms with Crippen molar-refractivity contribution in [2.45, 2.75) is 23.1 Å². The second-order valence-corrected chi connectivity index (χ2v) is 6.67. The SMILES string of the molecule is COc1cccc(SC(c2ccccc2Br)C(C)N)c1. The lowest BCUT2D eigenvalue weighted by Crippen LogP contribution is -2.22. The molecule has 0 heterocycles. The van der Waals surface area contributed by atoms with Crippen LogP contribution in [0.2, 0.25) is 0 Å². The first-order chi connectivity index (χ1) is 9.61. The van der Waals surface area contributed by atoms with Crippen LogP contribution in [0.3, 0.4) is 0 Å². The Kier molecular flexibility index (Phi) is 5.52. The average Bonchev–Trinajstić information content (AvgIpc) is 2.45. The molecule has 20 heavy (non-hydrogen) atoms. The van der Waals surface area contributed by atoms with Crippen LogP contribution in [0.4, 0.5) is 0 Å². The van der Waals surface area contributed by atoms with Crippen molar-refractivity contribution in [1.82, 2.24) is 0 Å². The molecule has 0 saturated carbocycles. The zero-order valence-electron chi connectivity index (χ0n) is 11.5. The van der Waals surface area contributed by atoms with Crippen LogP contribution in [0, 0.1) is 0 Å². The van der Waals surface area contributed by atoms with E-state index in [1.54, 1.807) is 18.9 Å². The van der Waals surface area contributed by atoms with Gasteiger partial charge >= 0.3 is 0 Å². The second-order valence-electron chi connectivity index (χ2n) is 4.60. The van der Waals surface area contributed by atoms with E-state index in [-0.39, 0.29) is 11.3 Å². The maximum absolute atomic E-state index is 6.18. The van der Waals surface area contributed by atoms with Gasteiger partial charge in [-0.15, -0.1) is 11.8 Å². The normalized spacial score (nSPS) is 13.8. The van der Waals surface area contributed by atoms with Crippen molar-refractivity contribution in [3.63, 3.8) is 0 Å². The van der Waals surface area contributed by atoms with Gasteiger partial charge in [-0.3, -0.25) is 0 Å². The molecule has 0 radical (unpaired) electrons. The largest absolute Gasteiger partial charge is 0.497 e. The van der Waals surface area contributed by atoms with E-state index in [2.05, 4.69) is 34.1 Å². The highest BCUT2D eigenvalue weighted by Gasteiger charge is 2.20. The first-order valence-corrected chi connectivity index (χ1v) is 8.10. The van der Waals surface area contributed by atoms with E-state index in [4.69, 9.17) is 10.5 Å². The van der Waals surface area contributed by atoms with Gasteiger partial charge in [0.15, 0.2) is 0 Å². The number of ether oxygens (including phenoxy) is 1. The van der Waals surface area contributed by atoms with Crippen molar-refractivity contribution in [3.05, 3.63) is 58.6 Å². The van der Waals surface area contributed by atoms with Gasteiger partial charge in [0.1, 0.15) is 5.75 Å². The summed E-state index contributed by atoms with van der Waals surface area (Å²) in [5, 5.41) is 0.192. The third-order valence-corrected chi connectivity index (χ3v) is 5.18. The summed E-state index contributed by atoms with van der Waals surface area (Å²) in [5.74, 6) is 0.866. The molecule has 2 atom stereocenters. The lowest BCUT2D eigenvalue weighted by Gasteiger charge is -2.22. The number of rotatable bonds is 5. The Morgan fingerprint density at radius 1 is 1.15 bits per heavy atom. The first-order valence-electron chi connectivity index (χ1n) is 6.42. The molecular weight excluding hydrogens is 334 g/mol.